The van der Waals surface area contributed by atoms with Crippen LogP contribution in [0, 0.1) is 0 Å². The van der Waals surface area contributed by atoms with Crippen LogP contribution in [0.15, 0.2) is 12.2 Å². The minimum absolute atomic E-state index is 0.0503. The Bertz CT molecular complexity index is 265. The van der Waals surface area contributed by atoms with Gasteiger partial charge in [-0.3, -0.25) is 9.59 Å². The molecule has 0 rings (SSSR count). The van der Waals surface area contributed by atoms with E-state index in [9.17, 15) is 9.59 Å². The number of thioether (sulfide) groups is 1. The number of nitrogens with one attached hydrogen (secondary N) is 1. The molecule has 1 N–H and O–H groups in total. The van der Waals surface area contributed by atoms with Crippen molar-refractivity contribution >= 4 is 22.8 Å². The van der Waals surface area contributed by atoms with E-state index in [2.05, 4.69) is 12.2 Å². The smallest absolute Gasteiger partial charge is 0.216 e. The Morgan fingerprint density at radius 2 is 1.89 bits per heavy atom. The molecule has 0 fully saturated rings. The van der Waals surface area contributed by atoms with Crippen molar-refractivity contribution in [2.75, 3.05) is 12.3 Å². The highest BCUT2D eigenvalue weighted by Gasteiger charge is 1.97. The topological polar surface area (TPSA) is 46.2 Å². The molecule has 0 atom stereocenters. The van der Waals surface area contributed by atoms with E-state index in [1.165, 1.54) is 50.8 Å². The number of hydrogen-bond donors (Lipinski definition) is 1. The maximum Gasteiger partial charge on any atom is 0.216 e. The van der Waals surface area contributed by atoms with E-state index >= 15 is 0 Å². The third-order valence-electron chi connectivity index (χ3n) is 2.45. The number of rotatable bonds is 10. The lowest BCUT2D eigenvalue weighted by molar-refractivity contribution is -0.118. The van der Waals surface area contributed by atoms with Gasteiger partial charge in [0.1, 0.15) is 0 Å². The summed E-state index contributed by atoms with van der Waals surface area (Å²) in [6, 6.07) is 0. The summed E-state index contributed by atoms with van der Waals surface area (Å²) in [5.74, 6) is 0.588. The summed E-state index contributed by atoms with van der Waals surface area (Å²) in [4.78, 5) is 22.0. The van der Waals surface area contributed by atoms with Crippen LogP contribution in [0.2, 0.25) is 0 Å². The fraction of sp³-hybridized carbons (Fsp3) is 0.714. The summed E-state index contributed by atoms with van der Waals surface area (Å²) in [5, 5.41) is 2.74. The highest BCUT2D eigenvalue weighted by molar-refractivity contribution is 8.14. The third-order valence-corrected chi connectivity index (χ3v) is 3.28. The molecule has 104 valence electrons. The molecule has 4 heteroatoms. The van der Waals surface area contributed by atoms with Crippen LogP contribution < -0.4 is 5.32 Å². The van der Waals surface area contributed by atoms with Crippen molar-refractivity contribution < 1.29 is 9.59 Å². The van der Waals surface area contributed by atoms with Crippen molar-refractivity contribution in [2.45, 2.75) is 52.4 Å². The summed E-state index contributed by atoms with van der Waals surface area (Å²) < 4.78 is 0. The zero-order chi connectivity index (χ0) is 13.6. The normalized spacial score (nSPS) is 10.8. The summed E-state index contributed by atoms with van der Waals surface area (Å²) >= 11 is 1.25. The number of hydrogen-bond acceptors (Lipinski definition) is 3. The van der Waals surface area contributed by atoms with Crippen LogP contribution in [0.1, 0.15) is 52.4 Å². The van der Waals surface area contributed by atoms with Crippen LogP contribution in [0.4, 0.5) is 0 Å². The van der Waals surface area contributed by atoms with Gasteiger partial charge in [-0.25, -0.2) is 0 Å². The maximum absolute atomic E-state index is 11.4. The zero-order valence-electron chi connectivity index (χ0n) is 11.5. The van der Waals surface area contributed by atoms with Crippen LogP contribution in [-0.2, 0) is 9.59 Å². The van der Waals surface area contributed by atoms with Gasteiger partial charge in [-0.05, 0) is 18.9 Å². The van der Waals surface area contributed by atoms with Gasteiger partial charge in [0, 0.05) is 19.2 Å². The van der Waals surface area contributed by atoms with Crippen molar-refractivity contribution in [2.24, 2.45) is 0 Å². The molecule has 0 saturated heterocycles. The van der Waals surface area contributed by atoms with Crippen molar-refractivity contribution in [3.8, 4) is 0 Å². The summed E-state index contributed by atoms with van der Waals surface area (Å²) in [6.07, 6.45) is 10.9. The standard InChI is InChI=1S/C14H25NO2S/c1-3-4-5-6-7-8-9-10-14(17)18-12-11-15-13(2)16/h9-10H,3-8,11-12H2,1-2H3,(H,15,16)/b10-9-. The first kappa shape index (κ1) is 17.2. The molecule has 1 amide bonds. The SMILES string of the molecule is CCCCCCC/C=C\C(=O)SCCNC(C)=O. The summed E-state index contributed by atoms with van der Waals surface area (Å²) in [6.45, 7) is 4.23. The summed E-state index contributed by atoms with van der Waals surface area (Å²) in [5.41, 5.74) is 0. The molecule has 0 aromatic rings. The fourth-order valence-electron chi connectivity index (χ4n) is 1.47. The first-order valence-electron chi connectivity index (χ1n) is 6.74. The van der Waals surface area contributed by atoms with E-state index in [0.29, 0.717) is 12.3 Å². The second kappa shape index (κ2) is 12.7. The van der Waals surface area contributed by atoms with Gasteiger partial charge >= 0.3 is 0 Å². The molecular weight excluding hydrogens is 246 g/mol. The van der Waals surface area contributed by atoms with Gasteiger partial charge in [0.15, 0.2) is 0 Å². The van der Waals surface area contributed by atoms with Crippen molar-refractivity contribution in [1.29, 1.82) is 0 Å². The van der Waals surface area contributed by atoms with E-state index < -0.39 is 0 Å². The lowest BCUT2D eigenvalue weighted by atomic mass is 10.1. The second-order valence-electron chi connectivity index (χ2n) is 4.26. The minimum Gasteiger partial charge on any atom is -0.356 e. The Labute approximate surface area is 115 Å². The van der Waals surface area contributed by atoms with Gasteiger partial charge in [-0.2, -0.15) is 0 Å². The molecule has 0 aromatic heterocycles. The summed E-state index contributed by atoms with van der Waals surface area (Å²) in [7, 11) is 0. The molecule has 0 radical (unpaired) electrons. The predicted molar refractivity (Wildman–Crippen MR) is 78.7 cm³/mol. The Balaban J connectivity index is 3.36. The number of unbranched alkanes of at least 4 members (excludes halogenated alkanes) is 5. The quantitative estimate of drug-likeness (QED) is 0.490. The highest BCUT2D eigenvalue weighted by atomic mass is 32.2. The average molecular weight is 271 g/mol. The molecule has 0 aromatic carbocycles. The molecule has 0 aliphatic carbocycles. The van der Waals surface area contributed by atoms with Crippen LogP contribution in [0.25, 0.3) is 0 Å². The van der Waals surface area contributed by atoms with Gasteiger partial charge in [-0.15, -0.1) is 0 Å². The van der Waals surface area contributed by atoms with E-state index in [1.54, 1.807) is 6.08 Å². The Hall–Kier alpha value is -0.770. The van der Waals surface area contributed by atoms with E-state index in [0.717, 1.165) is 6.42 Å². The minimum atomic E-state index is -0.0503. The molecule has 0 saturated carbocycles. The van der Waals surface area contributed by atoms with Crippen LogP contribution in [0.5, 0.6) is 0 Å². The van der Waals surface area contributed by atoms with E-state index in [4.69, 9.17) is 0 Å². The van der Waals surface area contributed by atoms with Gasteiger partial charge in [0.05, 0.1) is 0 Å². The Kier molecular flexibility index (Phi) is 12.1. The largest absolute Gasteiger partial charge is 0.356 e. The molecule has 0 spiro atoms. The first-order chi connectivity index (χ1) is 8.66. The number of allylic oxidation sites excluding steroid dienone is 1. The van der Waals surface area contributed by atoms with Gasteiger partial charge in [0.2, 0.25) is 11.0 Å². The van der Waals surface area contributed by atoms with Gasteiger partial charge in [-0.1, -0.05) is 50.4 Å². The Morgan fingerprint density at radius 1 is 1.17 bits per heavy atom. The monoisotopic (exact) mass is 271 g/mol. The highest BCUT2D eigenvalue weighted by Crippen LogP contribution is 2.07. The first-order valence-corrected chi connectivity index (χ1v) is 7.73. The number of amides is 1. The van der Waals surface area contributed by atoms with E-state index in [1.807, 2.05) is 6.08 Å². The van der Waals surface area contributed by atoms with E-state index in [-0.39, 0.29) is 11.0 Å². The zero-order valence-corrected chi connectivity index (χ0v) is 12.4. The molecule has 0 aliphatic heterocycles. The lowest BCUT2D eigenvalue weighted by Crippen LogP contribution is -2.22. The van der Waals surface area contributed by atoms with Crippen molar-refractivity contribution in [1.82, 2.24) is 5.32 Å². The third kappa shape index (κ3) is 13.3. The molecule has 0 aliphatic rings. The molecule has 3 nitrogen and oxygen atoms in total. The predicted octanol–water partition coefficient (Wildman–Crippen LogP) is 3.30. The molecule has 18 heavy (non-hydrogen) atoms. The number of carbonyl (C=O) groups excluding carboxylic acids is 2. The van der Waals surface area contributed by atoms with Crippen LogP contribution in [0.3, 0.4) is 0 Å². The van der Waals surface area contributed by atoms with Gasteiger partial charge < -0.3 is 5.32 Å². The second-order valence-corrected chi connectivity index (χ2v) is 5.36. The van der Waals surface area contributed by atoms with Crippen molar-refractivity contribution in [3.05, 3.63) is 12.2 Å². The van der Waals surface area contributed by atoms with Gasteiger partial charge in [0.25, 0.3) is 0 Å². The Morgan fingerprint density at radius 3 is 2.56 bits per heavy atom. The fourth-order valence-corrected chi connectivity index (χ4v) is 2.07. The lowest BCUT2D eigenvalue weighted by Gasteiger charge is -1.99. The van der Waals surface area contributed by atoms with Crippen LogP contribution in [-0.4, -0.2) is 23.3 Å². The molecule has 0 unspecified atom stereocenters. The van der Waals surface area contributed by atoms with Crippen molar-refractivity contribution in [3.63, 3.8) is 0 Å². The maximum atomic E-state index is 11.4. The molecule has 0 heterocycles. The number of carbonyl (C=O) groups is 2. The average Bonchev–Trinajstić information content (AvgIpc) is 2.33. The van der Waals surface area contributed by atoms with Crippen LogP contribution >= 0.6 is 11.8 Å². The molecule has 0 bridgehead atoms. The molecular formula is C14H25NO2S.